The number of rotatable bonds is 3. The minimum atomic E-state index is -0.176. The van der Waals surface area contributed by atoms with Crippen molar-refractivity contribution in [3.05, 3.63) is 58.1 Å². The summed E-state index contributed by atoms with van der Waals surface area (Å²) < 4.78 is 7.40. The highest BCUT2D eigenvalue weighted by Gasteiger charge is 2.18. The van der Waals surface area contributed by atoms with Crippen LogP contribution in [-0.4, -0.2) is 26.6 Å². The number of benzene rings is 2. The number of hydrogen-bond acceptors (Lipinski definition) is 4. The monoisotopic (exact) mass is 360 g/mol. The summed E-state index contributed by atoms with van der Waals surface area (Å²) in [5.74, 6) is 1.10. The SMILES string of the molecule is C=Cc1ccc(OC)c(-c2nc3c(C)c4ncn(C)c4c(C)c3c(=O)[nH]2)c1. The standard InChI is InChI=1S/C21H20N4O2/c1-6-13-7-8-15(27-5)14(9-13)20-23-17-12(3)18-19(25(4)10-22-18)11(2)16(17)21(26)24-20/h6-10H,1H2,2-5H3,(H,23,24,26). The second-order valence-corrected chi connectivity index (χ2v) is 6.60. The predicted molar refractivity (Wildman–Crippen MR) is 108 cm³/mol. The van der Waals surface area contributed by atoms with E-state index in [0.29, 0.717) is 28.0 Å². The first kappa shape index (κ1) is 17.0. The number of nitrogens with zero attached hydrogens (tertiary/aromatic N) is 3. The van der Waals surface area contributed by atoms with Crippen LogP contribution in [0.4, 0.5) is 0 Å². The number of H-pyrrole nitrogens is 1. The zero-order chi connectivity index (χ0) is 19.3. The van der Waals surface area contributed by atoms with Crippen LogP contribution < -0.4 is 10.3 Å². The van der Waals surface area contributed by atoms with Crippen molar-refractivity contribution in [2.45, 2.75) is 13.8 Å². The van der Waals surface area contributed by atoms with Crippen molar-refractivity contribution < 1.29 is 4.74 Å². The topological polar surface area (TPSA) is 72.8 Å². The van der Waals surface area contributed by atoms with E-state index in [4.69, 9.17) is 9.72 Å². The van der Waals surface area contributed by atoms with Gasteiger partial charge in [0.1, 0.15) is 11.6 Å². The van der Waals surface area contributed by atoms with Crippen molar-refractivity contribution in [3.8, 4) is 17.1 Å². The molecule has 0 aliphatic heterocycles. The van der Waals surface area contributed by atoms with Crippen LogP contribution >= 0.6 is 0 Å². The van der Waals surface area contributed by atoms with Crippen LogP contribution in [0.25, 0.3) is 39.4 Å². The average molecular weight is 360 g/mol. The molecule has 6 nitrogen and oxygen atoms in total. The third-order valence-electron chi connectivity index (χ3n) is 5.01. The van der Waals surface area contributed by atoms with Crippen molar-refractivity contribution in [1.29, 1.82) is 0 Å². The molecule has 2 heterocycles. The van der Waals surface area contributed by atoms with Gasteiger partial charge in [-0.15, -0.1) is 0 Å². The first-order chi connectivity index (χ1) is 13.0. The number of hydrogen-bond donors (Lipinski definition) is 1. The summed E-state index contributed by atoms with van der Waals surface area (Å²) in [7, 11) is 3.52. The Hall–Kier alpha value is -3.41. The Morgan fingerprint density at radius 2 is 2.00 bits per heavy atom. The van der Waals surface area contributed by atoms with E-state index >= 15 is 0 Å². The van der Waals surface area contributed by atoms with E-state index in [9.17, 15) is 4.79 Å². The van der Waals surface area contributed by atoms with Gasteiger partial charge in [-0.2, -0.15) is 0 Å². The molecule has 27 heavy (non-hydrogen) atoms. The highest BCUT2D eigenvalue weighted by atomic mass is 16.5. The molecule has 6 heteroatoms. The molecule has 1 N–H and O–H groups in total. The largest absolute Gasteiger partial charge is 0.496 e. The van der Waals surface area contributed by atoms with E-state index < -0.39 is 0 Å². The molecule has 2 aromatic heterocycles. The molecule has 0 spiro atoms. The lowest BCUT2D eigenvalue weighted by atomic mass is 10.0. The van der Waals surface area contributed by atoms with Gasteiger partial charge in [0, 0.05) is 12.6 Å². The molecule has 0 bridgehead atoms. The van der Waals surface area contributed by atoms with Gasteiger partial charge < -0.3 is 14.3 Å². The Morgan fingerprint density at radius 3 is 2.70 bits per heavy atom. The van der Waals surface area contributed by atoms with Crippen molar-refractivity contribution in [2.24, 2.45) is 7.05 Å². The Bertz CT molecular complexity index is 1280. The number of aromatic amines is 1. The third-order valence-corrected chi connectivity index (χ3v) is 5.01. The Labute approximate surface area is 156 Å². The zero-order valence-corrected chi connectivity index (χ0v) is 15.8. The van der Waals surface area contributed by atoms with E-state index in [1.54, 1.807) is 19.5 Å². The zero-order valence-electron chi connectivity index (χ0n) is 15.8. The quantitative estimate of drug-likeness (QED) is 0.604. The van der Waals surface area contributed by atoms with Gasteiger partial charge in [0.15, 0.2) is 0 Å². The van der Waals surface area contributed by atoms with Crippen LogP contribution in [0.3, 0.4) is 0 Å². The highest BCUT2D eigenvalue weighted by molar-refractivity contribution is 6.01. The fraction of sp³-hybridized carbons (Fsp3) is 0.190. The van der Waals surface area contributed by atoms with Crippen LogP contribution in [0, 0.1) is 13.8 Å². The summed E-state index contributed by atoms with van der Waals surface area (Å²) in [4.78, 5) is 25.2. The fourth-order valence-electron chi connectivity index (χ4n) is 3.64. The molecule has 2 aromatic carbocycles. The van der Waals surface area contributed by atoms with E-state index in [2.05, 4.69) is 16.5 Å². The van der Waals surface area contributed by atoms with Gasteiger partial charge in [0.05, 0.1) is 40.9 Å². The van der Waals surface area contributed by atoms with Crippen LogP contribution in [0.5, 0.6) is 5.75 Å². The number of methoxy groups -OCH3 is 1. The lowest BCUT2D eigenvalue weighted by Crippen LogP contribution is -2.13. The van der Waals surface area contributed by atoms with Gasteiger partial charge in [0.25, 0.3) is 5.56 Å². The first-order valence-corrected chi connectivity index (χ1v) is 8.61. The molecule has 0 fully saturated rings. The molecule has 136 valence electrons. The molecule has 0 amide bonds. The Morgan fingerprint density at radius 1 is 1.22 bits per heavy atom. The lowest BCUT2D eigenvalue weighted by Gasteiger charge is -2.12. The number of fused-ring (bicyclic) bond motifs is 2. The number of nitrogens with one attached hydrogen (secondary N) is 1. The number of imidazole rings is 1. The Kier molecular flexibility index (Phi) is 3.84. The predicted octanol–water partition coefficient (Wildman–Crippen LogP) is 3.75. The lowest BCUT2D eigenvalue weighted by molar-refractivity contribution is 0.416. The first-order valence-electron chi connectivity index (χ1n) is 8.61. The van der Waals surface area contributed by atoms with Gasteiger partial charge >= 0.3 is 0 Å². The normalized spacial score (nSPS) is 11.3. The van der Waals surface area contributed by atoms with Gasteiger partial charge in [0.2, 0.25) is 0 Å². The van der Waals surface area contributed by atoms with Crippen molar-refractivity contribution in [3.63, 3.8) is 0 Å². The maximum atomic E-state index is 13.0. The average Bonchev–Trinajstić information content (AvgIpc) is 3.07. The summed E-state index contributed by atoms with van der Waals surface area (Å²) >= 11 is 0. The molecule has 0 unspecified atom stereocenters. The van der Waals surface area contributed by atoms with Crippen molar-refractivity contribution >= 4 is 28.0 Å². The maximum Gasteiger partial charge on any atom is 0.259 e. The third kappa shape index (κ3) is 2.44. The molecule has 4 rings (SSSR count). The van der Waals surface area contributed by atoms with Gasteiger partial charge in [-0.05, 0) is 37.1 Å². The van der Waals surface area contributed by atoms with Gasteiger partial charge in [-0.3, -0.25) is 4.79 Å². The minimum absolute atomic E-state index is 0.176. The summed E-state index contributed by atoms with van der Waals surface area (Å²) in [6.07, 6.45) is 3.50. The molecule has 0 saturated carbocycles. The summed E-state index contributed by atoms with van der Waals surface area (Å²) in [5.41, 5.74) is 5.68. The van der Waals surface area contributed by atoms with Crippen LogP contribution in [0.15, 0.2) is 35.9 Å². The van der Waals surface area contributed by atoms with E-state index in [1.165, 1.54) is 0 Å². The molecular weight excluding hydrogens is 340 g/mol. The molecule has 0 saturated heterocycles. The second-order valence-electron chi connectivity index (χ2n) is 6.60. The fourth-order valence-corrected chi connectivity index (χ4v) is 3.64. The summed E-state index contributed by atoms with van der Waals surface area (Å²) in [6.45, 7) is 7.69. The molecule has 0 aliphatic rings. The Balaban J connectivity index is 2.12. The molecular formula is C21H20N4O2. The number of ether oxygens (including phenoxy) is 1. The molecule has 4 aromatic rings. The number of aryl methyl sites for hydroxylation is 3. The molecule has 0 atom stereocenters. The van der Waals surface area contributed by atoms with Crippen LogP contribution in [-0.2, 0) is 7.05 Å². The van der Waals surface area contributed by atoms with E-state index in [0.717, 1.165) is 27.7 Å². The van der Waals surface area contributed by atoms with Crippen LogP contribution in [0.1, 0.15) is 16.7 Å². The summed E-state index contributed by atoms with van der Waals surface area (Å²) in [6, 6.07) is 5.65. The molecule has 0 aliphatic carbocycles. The highest BCUT2D eigenvalue weighted by Crippen LogP contribution is 2.32. The van der Waals surface area contributed by atoms with Crippen LogP contribution in [0.2, 0.25) is 0 Å². The van der Waals surface area contributed by atoms with Gasteiger partial charge in [-0.25, -0.2) is 9.97 Å². The smallest absolute Gasteiger partial charge is 0.259 e. The van der Waals surface area contributed by atoms with E-state index in [-0.39, 0.29) is 5.56 Å². The van der Waals surface area contributed by atoms with E-state index in [1.807, 2.05) is 43.7 Å². The minimum Gasteiger partial charge on any atom is -0.496 e. The second kappa shape index (κ2) is 6.09. The maximum absolute atomic E-state index is 13.0. The number of aromatic nitrogens is 4. The van der Waals surface area contributed by atoms with Crippen molar-refractivity contribution in [2.75, 3.05) is 7.11 Å². The van der Waals surface area contributed by atoms with Crippen molar-refractivity contribution in [1.82, 2.24) is 19.5 Å². The van der Waals surface area contributed by atoms with Gasteiger partial charge in [-0.1, -0.05) is 18.7 Å². The molecule has 0 radical (unpaired) electrons. The summed E-state index contributed by atoms with van der Waals surface area (Å²) in [5, 5.41) is 0.589.